The van der Waals surface area contributed by atoms with Crippen molar-refractivity contribution in [2.75, 3.05) is 7.11 Å². The number of aromatic amines is 1. The Kier molecular flexibility index (Phi) is 6.17. The van der Waals surface area contributed by atoms with Crippen molar-refractivity contribution in [2.24, 2.45) is 0 Å². The first kappa shape index (κ1) is 18.2. The summed E-state index contributed by atoms with van der Waals surface area (Å²) in [5.74, 6) is -0.316. The molecule has 0 saturated heterocycles. The minimum absolute atomic E-state index is 0.146. The third-order valence-corrected chi connectivity index (χ3v) is 3.27. The number of aliphatic hydroxyl groups excluding tert-OH is 1. The fraction of sp³-hybridized carbons (Fsp3) is 0.625. The van der Waals surface area contributed by atoms with Gasteiger partial charge < -0.3 is 14.6 Å². The molecule has 0 fully saturated rings. The molecule has 0 aliphatic rings. The summed E-state index contributed by atoms with van der Waals surface area (Å²) in [7, 11) is 1.42. The molecule has 1 rings (SSSR count). The number of rotatable bonds is 6. The van der Waals surface area contributed by atoms with E-state index in [9.17, 15) is 14.7 Å². The summed E-state index contributed by atoms with van der Waals surface area (Å²) in [5, 5.41) is 9.57. The van der Waals surface area contributed by atoms with Crippen molar-refractivity contribution in [3.05, 3.63) is 27.5 Å². The van der Waals surface area contributed by atoms with E-state index in [1.165, 1.54) is 13.2 Å². The number of H-pyrrole nitrogens is 1. The summed E-state index contributed by atoms with van der Waals surface area (Å²) in [6, 6.07) is 1.41. The van der Waals surface area contributed by atoms with Gasteiger partial charge in [-0.1, -0.05) is 6.92 Å². The number of carbonyl (C=O) groups is 1. The van der Waals surface area contributed by atoms with Crippen molar-refractivity contribution in [2.45, 2.75) is 58.7 Å². The fourth-order valence-corrected chi connectivity index (χ4v) is 2.34. The molecular formula is C16H25NO5. The quantitative estimate of drug-likeness (QED) is 0.785. The van der Waals surface area contributed by atoms with Gasteiger partial charge >= 0.3 is 5.97 Å². The van der Waals surface area contributed by atoms with Crippen LogP contribution in [-0.2, 0) is 16.1 Å². The van der Waals surface area contributed by atoms with Gasteiger partial charge in [-0.15, -0.1) is 0 Å². The number of aromatic nitrogens is 1. The van der Waals surface area contributed by atoms with Crippen molar-refractivity contribution in [3.8, 4) is 5.88 Å². The van der Waals surface area contributed by atoms with Crippen LogP contribution in [0.4, 0.5) is 0 Å². The van der Waals surface area contributed by atoms with Gasteiger partial charge in [0.25, 0.3) is 5.56 Å². The van der Waals surface area contributed by atoms with Gasteiger partial charge in [-0.25, -0.2) is 0 Å². The van der Waals surface area contributed by atoms with E-state index in [2.05, 4.69) is 4.98 Å². The van der Waals surface area contributed by atoms with Crippen LogP contribution in [0, 0.1) is 0 Å². The van der Waals surface area contributed by atoms with E-state index >= 15 is 0 Å². The Hall–Kier alpha value is -1.82. The van der Waals surface area contributed by atoms with E-state index in [1.54, 1.807) is 20.8 Å². The molecule has 2 N–H and O–H groups in total. The van der Waals surface area contributed by atoms with Gasteiger partial charge in [0, 0.05) is 11.6 Å². The van der Waals surface area contributed by atoms with Gasteiger partial charge in [0.2, 0.25) is 0 Å². The molecule has 0 saturated carbocycles. The van der Waals surface area contributed by atoms with Crippen LogP contribution in [0.1, 0.15) is 57.6 Å². The predicted molar refractivity (Wildman–Crippen MR) is 83.0 cm³/mol. The monoisotopic (exact) mass is 311 g/mol. The standard InChI is InChI=1S/C16H25NO5/c1-6-10(7-14(20)22-16(2,3)4)11-8-13(19)17-15(21-5)12(11)9-18/h8,10,18H,6-7,9H2,1-5H3,(H,17,19). The number of hydrogen-bond acceptors (Lipinski definition) is 5. The highest BCUT2D eigenvalue weighted by Gasteiger charge is 2.24. The topological polar surface area (TPSA) is 88.6 Å². The zero-order chi connectivity index (χ0) is 16.9. The van der Waals surface area contributed by atoms with E-state index in [0.29, 0.717) is 17.5 Å². The van der Waals surface area contributed by atoms with Crippen molar-refractivity contribution < 1.29 is 19.4 Å². The van der Waals surface area contributed by atoms with Crippen LogP contribution in [0.15, 0.2) is 10.9 Å². The highest BCUT2D eigenvalue weighted by atomic mass is 16.6. The van der Waals surface area contributed by atoms with Gasteiger partial charge in [-0.2, -0.15) is 0 Å². The maximum Gasteiger partial charge on any atom is 0.306 e. The maximum absolute atomic E-state index is 12.0. The number of esters is 1. The lowest BCUT2D eigenvalue weighted by Gasteiger charge is -2.23. The zero-order valence-electron chi connectivity index (χ0n) is 13.9. The molecule has 1 aromatic rings. The number of ether oxygens (including phenoxy) is 2. The Morgan fingerprint density at radius 2 is 2.05 bits per heavy atom. The van der Waals surface area contributed by atoms with Gasteiger partial charge in [0.15, 0.2) is 5.88 Å². The average molecular weight is 311 g/mol. The lowest BCUT2D eigenvalue weighted by Crippen LogP contribution is -2.25. The SMILES string of the molecule is CCC(CC(=O)OC(C)(C)C)c1cc(=O)[nH]c(OC)c1CO. The number of aliphatic hydroxyl groups is 1. The normalized spacial score (nSPS) is 12.8. The van der Waals surface area contributed by atoms with Crippen LogP contribution in [-0.4, -0.2) is 28.8 Å². The Bertz CT molecular complexity index is 571. The maximum atomic E-state index is 12.0. The lowest BCUT2D eigenvalue weighted by atomic mass is 9.90. The number of pyridine rings is 1. The number of carbonyl (C=O) groups excluding carboxylic acids is 1. The summed E-state index contributed by atoms with van der Waals surface area (Å²) in [4.78, 5) is 26.3. The van der Waals surface area contributed by atoms with E-state index in [4.69, 9.17) is 9.47 Å². The van der Waals surface area contributed by atoms with E-state index in [1.807, 2.05) is 6.92 Å². The molecule has 6 heteroatoms. The van der Waals surface area contributed by atoms with Gasteiger partial charge in [0.1, 0.15) is 5.60 Å². The molecule has 0 aliphatic heterocycles. The summed E-state index contributed by atoms with van der Waals surface area (Å²) < 4.78 is 10.4. The van der Waals surface area contributed by atoms with E-state index < -0.39 is 5.60 Å². The Balaban J connectivity index is 3.12. The summed E-state index contributed by atoms with van der Waals surface area (Å²) in [5.41, 5.74) is 0.238. The second-order valence-corrected chi connectivity index (χ2v) is 6.15. The first-order valence-corrected chi connectivity index (χ1v) is 7.34. The minimum Gasteiger partial charge on any atom is -0.482 e. The van der Waals surface area contributed by atoms with Crippen molar-refractivity contribution in [3.63, 3.8) is 0 Å². The summed E-state index contributed by atoms with van der Waals surface area (Å²) in [6.07, 6.45) is 0.784. The Morgan fingerprint density at radius 1 is 1.41 bits per heavy atom. The molecule has 0 aliphatic carbocycles. The second kappa shape index (κ2) is 7.45. The minimum atomic E-state index is -0.555. The molecular weight excluding hydrogens is 286 g/mol. The molecule has 0 spiro atoms. The molecule has 124 valence electrons. The zero-order valence-corrected chi connectivity index (χ0v) is 13.9. The van der Waals surface area contributed by atoms with Crippen LogP contribution in [0.5, 0.6) is 5.88 Å². The Labute approximate surface area is 130 Å². The smallest absolute Gasteiger partial charge is 0.306 e. The van der Waals surface area contributed by atoms with Crippen molar-refractivity contribution in [1.29, 1.82) is 0 Å². The summed E-state index contributed by atoms with van der Waals surface area (Å²) >= 11 is 0. The second-order valence-electron chi connectivity index (χ2n) is 6.15. The molecule has 0 aromatic carbocycles. The molecule has 6 nitrogen and oxygen atoms in total. The van der Waals surface area contributed by atoms with Gasteiger partial charge in [-0.05, 0) is 38.7 Å². The first-order chi connectivity index (χ1) is 10.2. The lowest BCUT2D eigenvalue weighted by molar-refractivity contribution is -0.155. The molecule has 0 bridgehead atoms. The largest absolute Gasteiger partial charge is 0.482 e. The highest BCUT2D eigenvalue weighted by Crippen LogP contribution is 2.30. The molecule has 1 aromatic heterocycles. The van der Waals surface area contributed by atoms with Crippen molar-refractivity contribution >= 4 is 5.97 Å². The molecule has 0 amide bonds. The number of nitrogens with one attached hydrogen (secondary N) is 1. The van der Waals surface area contributed by atoms with Crippen LogP contribution >= 0.6 is 0 Å². The molecule has 0 radical (unpaired) electrons. The first-order valence-electron chi connectivity index (χ1n) is 7.34. The Morgan fingerprint density at radius 3 is 2.50 bits per heavy atom. The van der Waals surface area contributed by atoms with Crippen LogP contribution in [0.25, 0.3) is 0 Å². The van der Waals surface area contributed by atoms with Crippen LogP contribution < -0.4 is 10.3 Å². The van der Waals surface area contributed by atoms with Crippen molar-refractivity contribution in [1.82, 2.24) is 4.98 Å². The predicted octanol–water partition coefficient (Wildman–Crippen LogP) is 2.10. The molecule has 1 unspecified atom stereocenters. The van der Waals surface area contributed by atoms with E-state index in [0.717, 1.165) is 0 Å². The van der Waals surface area contributed by atoms with Crippen LogP contribution in [0.3, 0.4) is 0 Å². The van der Waals surface area contributed by atoms with E-state index in [-0.39, 0.29) is 36.4 Å². The third-order valence-electron chi connectivity index (χ3n) is 3.27. The third kappa shape index (κ3) is 4.87. The molecule has 1 heterocycles. The highest BCUT2D eigenvalue weighted by molar-refractivity contribution is 5.71. The average Bonchev–Trinajstić information content (AvgIpc) is 2.41. The van der Waals surface area contributed by atoms with Crippen LogP contribution in [0.2, 0.25) is 0 Å². The number of hydrogen-bond donors (Lipinski definition) is 2. The summed E-state index contributed by atoms with van der Waals surface area (Å²) in [6.45, 7) is 7.06. The van der Waals surface area contributed by atoms with Gasteiger partial charge in [-0.3, -0.25) is 14.6 Å². The fourth-order valence-electron chi connectivity index (χ4n) is 2.34. The molecule has 22 heavy (non-hydrogen) atoms. The number of methoxy groups -OCH3 is 1. The van der Waals surface area contributed by atoms with Gasteiger partial charge in [0.05, 0.1) is 20.1 Å². The molecule has 1 atom stereocenters.